The first kappa shape index (κ1) is 21.9. The lowest BCUT2D eigenvalue weighted by Crippen LogP contribution is -2.24. The van der Waals surface area contributed by atoms with Crippen LogP contribution < -0.4 is 9.64 Å². The van der Waals surface area contributed by atoms with Gasteiger partial charge in [-0.2, -0.15) is 0 Å². The van der Waals surface area contributed by atoms with Gasteiger partial charge in [-0.25, -0.2) is 22.4 Å². The average Bonchev–Trinajstić information content (AvgIpc) is 3.38. The summed E-state index contributed by atoms with van der Waals surface area (Å²) in [6, 6.07) is 14.7. The highest BCUT2D eigenvalue weighted by Crippen LogP contribution is 2.44. The lowest BCUT2D eigenvalue weighted by atomic mass is 9.97. The molecular formula is C24H23BrN4O3S. The first-order valence-electron chi connectivity index (χ1n) is 10.6. The zero-order valence-electron chi connectivity index (χ0n) is 18.5. The van der Waals surface area contributed by atoms with Crippen molar-refractivity contribution in [2.45, 2.75) is 24.7 Å². The molecule has 0 N–H and O–H groups in total. The van der Waals surface area contributed by atoms with Gasteiger partial charge in [0.05, 0.1) is 17.4 Å². The fourth-order valence-corrected chi connectivity index (χ4v) is 6.39. The maximum absolute atomic E-state index is 13.9. The lowest BCUT2D eigenvalue weighted by Gasteiger charge is -2.18. The Labute approximate surface area is 201 Å². The number of aromatic nitrogens is 3. The Hall–Kier alpha value is -2.91. The smallest absolute Gasteiger partial charge is 0.269 e. The van der Waals surface area contributed by atoms with E-state index in [2.05, 4.69) is 37.7 Å². The Morgan fingerprint density at radius 3 is 2.58 bits per heavy atom. The molecule has 1 atom stereocenters. The fraction of sp³-hybridized carbons (Fsp3) is 0.250. The zero-order valence-corrected chi connectivity index (χ0v) is 20.9. The summed E-state index contributed by atoms with van der Waals surface area (Å²) in [5, 5.41) is 0.655. The van der Waals surface area contributed by atoms with E-state index in [9.17, 15) is 8.42 Å². The van der Waals surface area contributed by atoms with Crippen LogP contribution in [0, 0.1) is 6.92 Å². The van der Waals surface area contributed by atoms with Crippen LogP contribution in [0.3, 0.4) is 0 Å². The van der Waals surface area contributed by atoms with Gasteiger partial charge in [0, 0.05) is 30.4 Å². The van der Waals surface area contributed by atoms with Crippen LogP contribution >= 0.6 is 15.9 Å². The molecule has 0 spiro atoms. The Bertz CT molecular complexity index is 1470. The standard InChI is InChI=1S/C24H23BrN4O3S/c1-4-28-13-20(18-11-16(32-3)7-10-21(18)28)22-12-19-23(25)26-14-27-24(19)29(22)33(30,31)17-8-5-15(2)6-9-17/h5-12,14,20H,4,13H2,1-3H3. The van der Waals surface area contributed by atoms with Crippen LogP contribution in [0.15, 0.2) is 64.4 Å². The molecule has 170 valence electrons. The first-order chi connectivity index (χ1) is 15.8. The van der Waals surface area contributed by atoms with Gasteiger partial charge in [-0.05, 0) is 71.7 Å². The van der Waals surface area contributed by atoms with Gasteiger partial charge in [-0.1, -0.05) is 17.7 Å². The molecule has 0 fully saturated rings. The molecular weight excluding hydrogens is 504 g/mol. The van der Waals surface area contributed by atoms with Gasteiger partial charge in [-0.3, -0.25) is 0 Å². The molecule has 0 amide bonds. The van der Waals surface area contributed by atoms with Crippen molar-refractivity contribution in [2.75, 3.05) is 25.1 Å². The Morgan fingerprint density at radius 2 is 1.88 bits per heavy atom. The van der Waals surface area contributed by atoms with Gasteiger partial charge >= 0.3 is 0 Å². The van der Waals surface area contributed by atoms with E-state index in [0.717, 1.165) is 29.1 Å². The molecule has 0 saturated carbocycles. The number of benzene rings is 2. The van der Waals surface area contributed by atoms with E-state index in [4.69, 9.17) is 4.74 Å². The minimum atomic E-state index is -3.91. The molecule has 1 aliphatic heterocycles. The van der Waals surface area contributed by atoms with E-state index >= 15 is 0 Å². The Morgan fingerprint density at radius 1 is 1.12 bits per heavy atom. The molecule has 33 heavy (non-hydrogen) atoms. The van der Waals surface area contributed by atoms with Crippen LogP contribution in [-0.2, 0) is 10.0 Å². The Balaban J connectivity index is 1.79. The van der Waals surface area contributed by atoms with Crippen LogP contribution in [-0.4, -0.2) is 42.6 Å². The largest absolute Gasteiger partial charge is 0.497 e. The molecule has 5 rings (SSSR count). The van der Waals surface area contributed by atoms with Crippen molar-refractivity contribution in [1.82, 2.24) is 13.9 Å². The second kappa shape index (κ2) is 8.14. The highest BCUT2D eigenvalue weighted by molar-refractivity contribution is 9.10. The number of anilines is 1. The summed E-state index contributed by atoms with van der Waals surface area (Å²) in [5.74, 6) is 0.554. The second-order valence-electron chi connectivity index (χ2n) is 8.07. The number of ether oxygens (including phenoxy) is 1. The van der Waals surface area contributed by atoms with Gasteiger partial charge in [0.15, 0.2) is 5.65 Å². The Kier molecular flexibility index (Phi) is 5.41. The van der Waals surface area contributed by atoms with Crippen LogP contribution in [0.5, 0.6) is 5.75 Å². The van der Waals surface area contributed by atoms with E-state index in [-0.39, 0.29) is 10.8 Å². The molecule has 7 nitrogen and oxygen atoms in total. The molecule has 1 unspecified atom stereocenters. The third-order valence-electron chi connectivity index (χ3n) is 6.19. The number of fused-ring (bicyclic) bond motifs is 2. The minimum absolute atomic E-state index is 0.184. The first-order valence-corrected chi connectivity index (χ1v) is 12.9. The number of hydrogen-bond acceptors (Lipinski definition) is 6. The third kappa shape index (κ3) is 3.50. The summed E-state index contributed by atoms with van der Waals surface area (Å²) in [7, 11) is -2.28. The quantitative estimate of drug-likeness (QED) is 0.350. The molecule has 9 heteroatoms. The molecule has 4 aromatic rings. The molecule has 0 radical (unpaired) electrons. The van der Waals surface area contributed by atoms with Crippen molar-refractivity contribution in [2.24, 2.45) is 0 Å². The molecule has 2 aromatic heterocycles. The number of hydrogen-bond donors (Lipinski definition) is 0. The SMILES string of the molecule is CCN1CC(c2cc3c(Br)ncnc3n2S(=O)(=O)c2ccc(C)cc2)c2cc(OC)ccc21. The zero-order chi connectivity index (χ0) is 23.3. The maximum atomic E-state index is 13.9. The highest BCUT2D eigenvalue weighted by Gasteiger charge is 2.35. The van der Waals surface area contributed by atoms with E-state index < -0.39 is 10.0 Å². The lowest BCUT2D eigenvalue weighted by molar-refractivity contribution is 0.414. The van der Waals surface area contributed by atoms with Crippen molar-refractivity contribution in [3.8, 4) is 5.75 Å². The second-order valence-corrected chi connectivity index (χ2v) is 10.6. The molecule has 3 heterocycles. The number of rotatable bonds is 5. The fourth-order valence-electron chi connectivity index (χ4n) is 4.49. The number of halogens is 1. The molecule has 0 aliphatic carbocycles. The van der Waals surface area contributed by atoms with Gasteiger partial charge < -0.3 is 9.64 Å². The van der Waals surface area contributed by atoms with Crippen molar-refractivity contribution >= 4 is 42.7 Å². The number of nitrogens with zero attached hydrogens (tertiary/aromatic N) is 4. The third-order valence-corrected chi connectivity index (χ3v) is 8.55. The van der Waals surface area contributed by atoms with Crippen molar-refractivity contribution < 1.29 is 13.2 Å². The summed E-state index contributed by atoms with van der Waals surface area (Å²) in [6.07, 6.45) is 1.38. The summed E-state index contributed by atoms with van der Waals surface area (Å²) < 4.78 is 35.3. The summed E-state index contributed by atoms with van der Waals surface area (Å²) in [6.45, 7) is 5.49. The predicted molar refractivity (Wildman–Crippen MR) is 132 cm³/mol. The van der Waals surface area contributed by atoms with Crippen LogP contribution in [0.1, 0.15) is 29.7 Å². The van der Waals surface area contributed by atoms with E-state index in [1.54, 1.807) is 31.4 Å². The number of methoxy groups -OCH3 is 1. The molecule has 0 bridgehead atoms. The summed E-state index contributed by atoms with van der Waals surface area (Å²) in [4.78, 5) is 11.1. The van der Waals surface area contributed by atoms with Gasteiger partial charge in [0.2, 0.25) is 0 Å². The normalized spacial score (nSPS) is 15.8. The highest BCUT2D eigenvalue weighted by atomic mass is 79.9. The maximum Gasteiger partial charge on any atom is 0.269 e. The average molecular weight is 527 g/mol. The summed E-state index contributed by atoms with van der Waals surface area (Å²) in [5.41, 5.74) is 4.11. The monoisotopic (exact) mass is 526 g/mol. The van der Waals surface area contributed by atoms with E-state index in [0.29, 0.717) is 27.9 Å². The van der Waals surface area contributed by atoms with E-state index in [1.807, 2.05) is 31.2 Å². The van der Waals surface area contributed by atoms with Crippen molar-refractivity contribution in [1.29, 1.82) is 0 Å². The van der Waals surface area contributed by atoms with E-state index in [1.165, 1.54) is 10.3 Å². The van der Waals surface area contributed by atoms with Crippen LogP contribution in [0.25, 0.3) is 11.0 Å². The van der Waals surface area contributed by atoms with Gasteiger partial charge in [0.1, 0.15) is 16.7 Å². The molecule has 1 aliphatic rings. The predicted octanol–water partition coefficient (Wildman–Crippen LogP) is 4.72. The van der Waals surface area contributed by atoms with Gasteiger partial charge in [0.25, 0.3) is 10.0 Å². The van der Waals surface area contributed by atoms with Gasteiger partial charge in [-0.15, -0.1) is 0 Å². The number of likely N-dealkylation sites (N-methyl/N-ethyl adjacent to an activating group) is 1. The summed E-state index contributed by atoms with van der Waals surface area (Å²) >= 11 is 3.48. The van der Waals surface area contributed by atoms with Crippen molar-refractivity contribution in [3.05, 3.63) is 76.3 Å². The molecule has 0 saturated heterocycles. The van der Waals surface area contributed by atoms with Crippen molar-refractivity contribution in [3.63, 3.8) is 0 Å². The molecule has 2 aromatic carbocycles. The number of aryl methyl sites for hydroxylation is 1. The van der Waals surface area contributed by atoms with Crippen LogP contribution in [0.4, 0.5) is 5.69 Å². The van der Waals surface area contributed by atoms with Crippen LogP contribution in [0.2, 0.25) is 0 Å². The topological polar surface area (TPSA) is 77.3 Å². The minimum Gasteiger partial charge on any atom is -0.497 e.